The molecule has 1 rings (SSSR count). The van der Waals surface area contributed by atoms with Crippen LogP contribution in [0, 0.1) is 0 Å². The van der Waals surface area contributed by atoms with Gasteiger partial charge in [0.05, 0.1) is 5.02 Å². The molecule has 1 aromatic carbocycles. The molecule has 2 unspecified atom stereocenters. The maximum atomic E-state index is 11.1. The second kappa shape index (κ2) is 8.12. The zero-order chi connectivity index (χ0) is 15.1. The summed E-state index contributed by atoms with van der Waals surface area (Å²) in [5.41, 5.74) is 6.93. The lowest BCUT2D eigenvalue weighted by Gasteiger charge is -2.16. The molecule has 0 fully saturated rings. The van der Waals surface area contributed by atoms with E-state index in [1.54, 1.807) is 12.1 Å². The van der Waals surface area contributed by atoms with Crippen molar-refractivity contribution in [2.75, 3.05) is 0 Å². The first kappa shape index (κ1) is 16.8. The smallest absolute Gasteiger partial charge is 0.344 e. The number of aliphatic carboxylic acids is 1. The average Bonchev–Trinajstić information content (AvgIpc) is 2.40. The molecule has 0 aliphatic rings. The third-order valence-electron chi connectivity index (χ3n) is 3.11. The van der Waals surface area contributed by atoms with Gasteiger partial charge in [-0.25, -0.2) is 4.79 Å². The third kappa shape index (κ3) is 5.02. The van der Waals surface area contributed by atoms with E-state index in [0.29, 0.717) is 17.2 Å². The Labute approximate surface area is 124 Å². The third-order valence-corrected chi connectivity index (χ3v) is 3.41. The molecule has 0 spiro atoms. The molecule has 5 heteroatoms. The van der Waals surface area contributed by atoms with E-state index in [9.17, 15) is 4.79 Å². The summed E-state index contributed by atoms with van der Waals surface area (Å²) < 4.78 is 5.47. The van der Waals surface area contributed by atoms with E-state index in [-0.39, 0.29) is 6.04 Å². The number of hydrogen-bond donors (Lipinski definition) is 2. The fourth-order valence-corrected chi connectivity index (χ4v) is 2.11. The predicted octanol–water partition coefficient (Wildman–Crippen LogP) is 3.25. The number of ether oxygens (including phenoxy) is 1. The van der Waals surface area contributed by atoms with Gasteiger partial charge in [-0.2, -0.15) is 0 Å². The molecule has 0 saturated heterocycles. The first-order valence-electron chi connectivity index (χ1n) is 6.91. The van der Waals surface area contributed by atoms with Crippen LogP contribution in [0.3, 0.4) is 0 Å². The number of halogens is 1. The molecular formula is C15H22ClNO3. The van der Waals surface area contributed by atoms with Crippen molar-refractivity contribution >= 4 is 17.6 Å². The van der Waals surface area contributed by atoms with Crippen LogP contribution in [0.5, 0.6) is 5.75 Å². The van der Waals surface area contributed by atoms with Gasteiger partial charge in [0.15, 0.2) is 6.10 Å². The van der Waals surface area contributed by atoms with Crippen LogP contribution in [0.15, 0.2) is 18.2 Å². The molecule has 0 heterocycles. The van der Waals surface area contributed by atoms with E-state index in [1.165, 1.54) is 0 Å². The highest BCUT2D eigenvalue weighted by Crippen LogP contribution is 2.27. The summed E-state index contributed by atoms with van der Waals surface area (Å²) in [6.07, 6.45) is 1.97. The van der Waals surface area contributed by atoms with Crippen molar-refractivity contribution in [2.45, 2.75) is 51.7 Å². The van der Waals surface area contributed by atoms with Gasteiger partial charge in [-0.1, -0.05) is 37.9 Å². The first-order chi connectivity index (χ1) is 9.47. The highest BCUT2D eigenvalue weighted by molar-refractivity contribution is 6.32. The van der Waals surface area contributed by atoms with E-state index in [4.69, 9.17) is 27.2 Å². The SMILES string of the molecule is CCCC(Oc1ccc(CC(N)CC)cc1Cl)C(=O)O. The summed E-state index contributed by atoms with van der Waals surface area (Å²) in [4.78, 5) is 11.1. The lowest BCUT2D eigenvalue weighted by molar-refractivity contribution is -0.145. The van der Waals surface area contributed by atoms with Crippen molar-refractivity contribution in [3.8, 4) is 5.75 Å². The molecule has 3 N–H and O–H groups in total. The highest BCUT2D eigenvalue weighted by Gasteiger charge is 2.19. The Morgan fingerprint density at radius 1 is 1.45 bits per heavy atom. The van der Waals surface area contributed by atoms with Crippen molar-refractivity contribution < 1.29 is 14.6 Å². The van der Waals surface area contributed by atoms with Gasteiger partial charge in [0, 0.05) is 6.04 Å². The van der Waals surface area contributed by atoms with Crippen LogP contribution in [0.2, 0.25) is 5.02 Å². The minimum atomic E-state index is -0.972. The number of carbonyl (C=O) groups is 1. The topological polar surface area (TPSA) is 72.5 Å². The van der Waals surface area contributed by atoms with Crippen LogP contribution in [0.1, 0.15) is 38.7 Å². The van der Waals surface area contributed by atoms with Crippen molar-refractivity contribution in [1.29, 1.82) is 0 Å². The summed E-state index contributed by atoms with van der Waals surface area (Å²) >= 11 is 6.15. The first-order valence-corrected chi connectivity index (χ1v) is 7.29. The van der Waals surface area contributed by atoms with Gasteiger partial charge in [0.1, 0.15) is 5.75 Å². The zero-order valence-electron chi connectivity index (χ0n) is 11.9. The molecular weight excluding hydrogens is 278 g/mol. The number of hydrogen-bond acceptors (Lipinski definition) is 3. The Morgan fingerprint density at radius 3 is 2.65 bits per heavy atom. The van der Waals surface area contributed by atoms with Crippen molar-refractivity contribution in [1.82, 2.24) is 0 Å². The molecule has 0 amide bonds. The molecule has 0 aliphatic carbocycles. The van der Waals surface area contributed by atoms with Crippen LogP contribution in [-0.4, -0.2) is 23.2 Å². The van der Waals surface area contributed by atoms with Gasteiger partial charge in [-0.05, 0) is 37.0 Å². The number of carboxylic acids is 1. The molecule has 0 aromatic heterocycles. The second-order valence-electron chi connectivity index (χ2n) is 4.87. The Hall–Kier alpha value is -1.26. The Kier molecular flexibility index (Phi) is 6.82. The van der Waals surface area contributed by atoms with Crippen LogP contribution in [0.4, 0.5) is 0 Å². The summed E-state index contributed by atoms with van der Waals surface area (Å²) in [5.74, 6) is -0.568. The summed E-state index contributed by atoms with van der Waals surface area (Å²) in [6, 6.07) is 5.48. The minimum Gasteiger partial charge on any atom is -0.479 e. The molecule has 0 aliphatic heterocycles. The van der Waals surface area contributed by atoms with Gasteiger partial charge in [-0.3, -0.25) is 0 Å². The molecule has 1 aromatic rings. The number of carboxylic acid groups (broad SMARTS) is 1. The molecule has 0 bridgehead atoms. The number of benzene rings is 1. The van der Waals surface area contributed by atoms with E-state index in [1.807, 2.05) is 19.9 Å². The highest BCUT2D eigenvalue weighted by atomic mass is 35.5. The van der Waals surface area contributed by atoms with Crippen molar-refractivity contribution in [3.63, 3.8) is 0 Å². The molecule has 20 heavy (non-hydrogen) atoms. The fraction of sp³-hybridized carbons (Fsp3) is 0.533. The average molecular weight is 300 g/mol. The fourth-order valence-electron chi connectivity index (χ4n) is 1.86. The maximum Gasteiger partial charge on any atom is 0.344 e. The van der Waals surface area contributed by atoms with E-state index in [0.717, 1.165) is 24.8 Å². The van der Waals surface area contributed by atoms with Gasteiger partial charge in [-0.15, -0.1) is 0 Å². The molecule has 0 saturated carbocycles. The van der Waals surface area contributed by atoms with Gasteiger partial charge >= 0.3 is 5.97 Å². The molecule has 2 atom stereocenters. The lowest BCUT2D eigenvalue weighted by atomic mass is 10.0. The number of nitrogens with two attached hydrogens (primary N) is 1. The molecule has 0 radical (unpaired) electrons. The Morgan fingerprint density at radius 2 is 2.15 bits per heavy atom. The summed E-state index contributed by atoms with van der Waals surface area (Å²) in [7, 11) is 0. The Balaban J connectivity index is 2.79. The minimum absolute atomic E-state index is 0.102. The van der Waals surface area contributed by atoms with Gasteiger partial charge in [0.25, 0.3) is 0 Å². The van der Waals surface area contributed by atoms with Gasteiger partial charge < -0.3 is 15.6 Å². The maximum absolute atomic E-state index is 11.1. The standard InChI is InChI=1S/C15H22ClNO3/c1-3-5-14(15(18)19)20-13-7-6-10(9-12(13)16)8-11(17)4-2/h6-7,9,11,14H,3-5,8,17H2,1-2H3,(H,18,19). The van der Waals surface area contributed by atoms with Crippen molar-refractivity contribution in [3.05, 3.63) is 28.8 Å². The van der Waals surface area contributed by atoms with E-state index >= 15 is 0 Å². The molecule has 112 valence electrons. The van der Waals surface area contributed by atoms with Gasteiger partial charge in [0.2, 0.25) is 0 Å². The van der Waals surface area contributed by atoms with Crippen LogP contribution in [0.25, 0.3) is 0 Å². The predicted molar refractivity (Wildman–Crippen MR) is 80.4 cm³/mol. The van der Waals surface area contributed by atoms with Crippen LogP contribution >= 0.6 is 11.6 Å². The Bertz CT molecular complexity index is 451. The quantitative estimate of drug-likeness (QED) is 0.773. The van der Waals surface area contributed by atoms with Crippen LogP contribution in [-0.2, 0) is 11.2 Å². The largest absolute Gasteiger partial charge is 0.479 e. The van der Waals surface area contributed by atoms with Crippen LogP contribution < -0.4 is 10.5 Å². The van der Waals surface area contributed by atoms with E-state index in [2.05, 4.69) is 0 Å². The summed E-state index contributed by atoms with van der Waals surface area (Å²) in [5, 5.41) is 9.50. The number of rotatable bonds is 8. The second-order valence-corrected chi connectivity index (χ2v) is 5.28. The van der Waals surface area contributed by atoms with E-state index < -0.39 is 12.1 Å². The summed E-state index contributed by atoms with van der Waals surface area (Å²) in [6.45, 7) is 3.95. The monoisotopic (exact) mass is 299 g/mol. The normalized spacial score (nSPS) is 13.8. The zero-order valence-corrected chi connectivity index (χ0v) is 12.7. The van der Waals surface area contributed by atoms with Crippen molar-refractivity contribution in [2.24, 2.45) is 5.73 Å². The lowest BCUT2D eigenvalue weighted by Crippen LogP contribution is -2.26. The molecule has 4 nitrogen and oxygen atoms in total.